The molecule has 21 heavy (non-hydrogen) atoms. The molecule has 2 rings (SSSR count). The molecule has 0 aliphatic rings. The molecule has 0 fully saturated rings. The number of halogens is 1. The number of rotatable bonds is 7. The number of amides is 1. The Hall–Kier alpha value is -2.08. The largest absolute Gasteiger partial charge is 0.369 e. The number of anilines is 1. The average Bonchev–Trinajstić information content (AvgIpc) is 2.99. The minimum atomic E-state index is -0.173. The smallest absolute Gasteiger partial charge is 0.252 e. The number of aromatic nitrogens is 3. The highest BCUT2D eigenvalue weighted by Crippen LogP contribution is 2.19. The first-order valence-electron chi connectivity index (χ1n) is 6.85. The Balaban J connectivity index is 1.81. The summed E-state index contributed by atoms with van der Waals surface area (Å²) < 4.78 is 1.83. The monoisotopic (exact) mass is 307 g/mol. The number of carbonyl (C=O) groups excluding carboxylic acids is 1. The highest BCUT2D eigenvalue weighted by Gasteiger charge is 2.09. The predicted molar refractivity (Wildman–Crippen MR) is 82.6 cm³/mol. The SMILES string of the molecule is CCNc1ncc(C(=O)NCCCn2cccn2)cc1Cl. The van der Waals surface area contributed by atoms with Crippen LogP contribution in [0.3, 0.4) is 0 Å². The van der Waals surface area contributed by atoms with Gasteiger partial charge in [-0.1, -0.05) is 11.6 Å². The third-order valence-corrected chi connectivity index (χ3v) is 3.14. The van der Waals surface area contributed by atoms with E-state index in [4.69, 9.17) is 11.6 Å². The molecule has 0 unspecified atom stereocenters. The molecule has 7 heteroatoms. The lowest BCUT2D eigenvalue weighted by atomic mass is 10.2. The van der Waals surface area contributed by atoms with Crippen LogP contribution in [0.5, 0.6) is 0 Å². The van der Waals surface area contributed by atoms with Gasteiger partial charge in [-0.2, -0.15) is 5.10 Å². The second-order valence-electron chi connectivity index (χ2n) is 4.46. The third-order valence-electron chi connectivity index (χ3n) is 2.86. The summed E-state index contributed by atoms with van der Waals surface area (Å²) in [5.74, 6) is 0.419. The van der Waals surface area contributed by atoms with Crippen LogP contribution < -0.4 is 10.6 Å². The molecule has 0 saturated heterocycles. The molecule has 0 bridgehead atoms. The van der Waals surface area contributed by atoms with E-state index in [0.717, 1.165) is 19.5 Å². The van der Waals surface area contributed by atoms with Gasteiger partial charge in [0.05, 0.1) is 10.6 Å². The first-order chi connectivity index (χ1) is 10.2. The van der Waals surface area contributed by atoms with Gasteiger partial charge in [-0.05, 0) is 25.5 Å². The molecule has 0 aromatic carbocycles. The van der Waals surface area contributed by atoms with Gasteiger partial charge < -0.3 is 10.6 Å². The molecule has 0 aliphatic carbocycles. The third kappa shape index (κ3) is 4.46. The van der Waals surface area contributed by atoms with Gasteiger partial charge in [0.25, 0.3) is 5.91 Å². The van der Waals surface area contributed by atoms with E-state index in [1.54, 1.807) is 12.3 Å². The molecule has 0 saturated carbocycles. The van der Waals surface area contributed by atoms with Crippen molar-refractivity contribution in [1.82, 2.24) is 20.1 Å². The van der Waals surface area contributed by atoms with Crippen LogP contribution >= 0.6 is 11.6 Å². The number of nitrogens with one attached hydrogen (secondary N) is 2. The molecule has 0 radical (unpaired) electrons. The molecule has 2 heterocycles. The summed E-state index contributed by atoms with van der Waals surface area (Å²) in [7, 11) is 0. The maximum absolute atomic E-state index is 12.0. The minimum Gasteiger partial charge on any atom is -0.369 e. The van der Waals surface area contributed by atoms with E-state index in [1.165, 1.54) is 6.20 Å². The maximum atomic E-state index is 12.0. The van der Waals surface area contributed by atoms with E-state index in [9.17, 15) is 4.79 Å². The van der Waals surface area contributed by atoms with Gasteiger partial charge in [0.2, 0.25) is 0 Å². The lowest BCUT2D eigenvalue weighted by molar-refractivity contribution is 0.0952. The van der Waals surface area contributed by atoms with Crippen molar-refractivity contribution in [2.45, 2.75) is 19.9 Å². The Morgan fingerprint density at radius 3 is 3.00 bits per heavy atom. The summed E-state index contributed by atoms with van der Waals surface area (Å²) in [6.07, 6.45) is 5.96. The van der Waals surface area contributed by atoms with Crippen molar-refractivity contribution in [2.24, 2.45) is 0 Å². The van der Waals surface area contributed by atoms with Crippen molar-refractivity contribution in [3.05, 3.63) is 41.3 Å². The van der Waals surface area contributed by atoms with Crippen LogP contribution in [-0.4, -0.2) is 33.8 Å². The summed E-state index contributed by atoms with van der Waals surface area (Å²) in [4.78, 5) is 16.1. The van der Waals surface area contributed by atoms with Crippen LogP contribution in [0.2, 0.25) is 5.02 Å². The first-order valence-corrected chi connectivity index (χ1v) is 7.23. The van der Waals surface area contributed by atoms with Crippen molar-refractivity contribution in [3.8, 4) is 0 Å². The zero-order chi connectivity index (χ0) is 15.1. The molecule has 6 nitrogen and oxygen atoms in total. The topological polar surface area (TPSA) is 71.8 Å². The van der Waals surface area contributed by atoms with Crippen molar-refractivity contribution >= 4 is 23.3 Å². The molecular weight excluding hydrogens is 290 g/mol. The van der Waals surface area contributed by atoms with Crippen LogP contribution in [0.25, 0.3) is 0 Å². The van der Waals surface area contributed by atoms with Gasteiger partial charge in [-0.3, -0.25) is 9.48 Å². The molecule has 0 spiro atoms. The summed E-state index contributed by atoms with van der Waals surface area (Å²) >= 11 is 6.06. The Bertz CT molecular complexity index is 585. The fraction of sp³-hybridized carbons (Fsp3) is 0.357. The van der Waals surface area contributed by atoms with E-state index in [2.05, 4.69) is 20.7 Å². The molecular formula is C14H18ClN5O. The molecule has 2 aromatic heterocycles. The molecule has 2 N–H and O–H groups in total. The molecule has 1 amide bonds. The molecule has 0 atom stereocenters. The first kappa shape index (κ1) is 15.3. The van der Waals surface area contributed by atoms with E-state index in [-0.39, 0.29) is 5.91 Å². The zero-order valence-electron chi connectivity index (χ0n) is 11.8. The van der Waals surface area contributed by atoms with Gasteiger partial charge in [0.1, 0.15) is 5.82 Å². The fourth-order valence-corrected chi connectivity index (χ4v) is 2.07. The Labute approximate surface area is 128 Å². The number of hydrogen-bond acceptors (Lipinski definition) is 4. The second-order valence-corrected chi connectivity index (χ2v) is 4.87. The van der Waals surface area contributed by atoms with E-state index >= 15 is 0 Å². The van der Waals surface area contributed by atoms with E-state index in [1.807, 2.05) is 23.9 Å². The Kier molecular flexibility index (Phi) is 5.57. The van der Waals surface area contributed by atoms with Gasteiger partial charge in [0, 0.05) is 38.2 Å². The maximum Gasteiger partial charge on any atom is 0.252 e. The van der Waals surface area contributed by atoms with E-state index < -0.39 is 0 Å². The molecule has 2 aromatic rings. The summed E-state index contributed by atoms with van der Waals surface area (Å²) in [6.45, 7) is 4.03. The highest BCUT2D eigenvalue weighted by molar-refractivity contribution is 6.33. The van der Waals surface area contributed by atoms with Crippen molar-refractivity contribution in [2.75, 3.05) is 18.4 Å². The predicted octanol–water partition coefficient (Wildman–Crippen LogP) is 2.18. The second kappa shape index (κ2) is 7.64. The lowest BCUT2D eigenvalue weighted by Crippen LogP contribution is -2.25. The number of pyridine rings is 1. The number of carbonyl (C=O) groups is 1. The van der Waals surface area contributed by atoms with Gasteiger partial charge >= 0.3 is 0 Å². The fourth-order valence-electron chi connectivity index (χ4n) is 1.84. The lowest BCUT2D eigenvalue weighted by Gasteiger charge is -2.08. The van der Waals surface area contributed by atoms with Crippen LogP contribution in [0.15, 0.2) is 30.7 Å². The van der Waals surface area contributed by atoms with Gasteiger partial charge in [0.15, 0.2) is 0 Å². The highest BCUT2D eigenvalue weighted by atomic mass is 35.5. The Morgan fingerprint density at radius 1 is 1.48 bits per heavy atom. The summed E-state index contributed by atoms with van der Waals surface area (Å²) in [5.41, 5.74) is 0.459. The number of aryl methyl sites for hydroxylation is 1. The van der Waals surface area contributed by atoms with E-state index in [0.29, 0.717) is 22.9 Å². The quantitative estimate of drug-likeness (QED) is 0.769. The van der Waals surface area contributed by atoms with Crippen molar-refractivity contribution in [1.29, 1.82) is 0 Å². The molecule has 0 aliphatic heterocycles. The number of hydrogen-bond donors (Lipinski definition) is 2. The summed E-state index contributed by atoms with van der Waals surface area (Å²) in [6, 6.07) is 3.49. The van der Waals surface area contributed by atoms with Crippen LogP contribution in [0.1, 0.15) is 23.7 Å². The zero-order valence-corrected chi connectivity index (χ0v) is 12.6. The van der Waals surface area contributed by atoms with Crippen molar-refractivity contribution < 1.29 is 4.79 Å². The van der Waals surface area contributed by atoms with Crippen LogP contribution in [0.4, 0.5) is 5.82 Å². The Morgan fingerprint density at radius 2 is 2.33 bits per heavy atom. The number of nitrogens with zero attached hydrogens (tertiary/aromatic N) is 3. The average molecular weight is 308 g/mol. The minimum absolute atomic E-state index is 0.173. The standard InChI is InChI=1S/C14H18ClN5O/c1-2-16-13-12(15)9-11(10-18-13)14(21)17-5-3-7-20-8-4-6-19-20/h4,6,8-10H,2-3,5,7H2,1H3,(H,16,18)(H,17,21). The van der Waals surface area contributed by atoms with Crippen molar-refractivity contribution in [3.63, 3.8) is 0 Å². The van der Waals surface area contributed by atoms with Gasteiger partial charge in [-0.25, -0.2) is 4.98 Å². The van der Waals surface area contributed by atoms with Crippen LogP contribution in [-0.2, 0) is 6.54 Å². The van der Waals surface area contributed by atoms with Gasteiger partial charge in [-0.15, -0.1) is 0 Å². The summed E-state index contributed by atoms with van der Waals surface area (Å²) in [5, 5.41) is 10.4. The normalized spacial score (nSPS) is 10.4. The molecule has 112 valence electrons. The van der Waals surface area contributed by atoms with Crippen LogP contribution in [0, 0.1) is 0 Å².